The maximum Gasteiger partial charge on any atom is 0.251 e. The van der Waals surface area contributed by atoms with Crippen molar-refractivity contribution in [3.63, 3.8) is 0 Å². The van der Waals surface area contributed by atoms with Crippen LogP contribution >= 0.6 is 23.5 Å². The van der Waals surface area contributed by atoms with E-state index in [0.717, 1.165) is 5.76 Å². The molecule has 1 aliphatic heterocycles. The van der Waals surface area contributed by atoms with Gasteiger partial charge in [0, 0.05) is 18.5 Å². The molecule has 2 heterocycles. The van der Waals surface area contributed by atoms with Crippen molar-refractivity contribution in [2.24, 2.45) is 0 Å². The fourth-order valence-electron chi connectivity index (χ4n) is 2.33. The highest BCUT2D eigenvalue weighted by Gasteiger charge is 2.16. The summed E-state index contributed by atoms with van der Waals surface area (Å²) in [7, 11) is 0. The molecule has 0 atom stereocenters. The number of carbonyl (C=O) groups excluding carboxylic acids is 1. The van der Waals surface area contributed by atoms with Crippen molar-refractivity contribution in [1.29, 1.82) is 0 Å². The number of hydrogen-bond acceptors (Lipinski definition) is 4. The number of amides is 1. The van der Waals surface area contributed by atoms with Crippen LogP contribution < -0.4 is 5.32 Å². The Morgan fingerprint density at radius 1 is 1.18 bits per heavy atom. The van der Waals surface area contributed by atoms with Crippen molar-refractivity contribution in [2.45, 2.75) is 17.4 Å². The second-order valence-corrected chi connectivity index (χ2v) is 7.86. The first kappa shape index (κ1) is 15.6. The second-order valence-electron chi connectivity index (χ2n) is 5.13. The van der Waals surface area contributed by atoms with E-state index in [1.807, 2.05) is 47.8 Å². The van der Waals surface area contributed by atoms with Crippen molar-refractivity contribution < 1.29 is 9.21 Å². The molecule has 1 aromatic carbocycles. The first-order valence-electron chi connectivity index (χ1n) is 7.47. The SMILES string of the molecule is O=C(NCCc1ccco1)c1ccc(C2SCCCS2)cc1. The predicted molar refractivity (Wildman–Crippen MR) is 93.5 cm³/mol. The number of rotatable bonds is 5. The maximum absolute atomic E-state index is 12.1. The zero-order chi connectivity index (χ0) is 15.2. The molecule has 116 valence electrons. The van der Waals surface area contributed by atoms with Crippen molar-refractivity contribution >= 4 is 29.4 Å². The third-order valence-electron chi connectivity index (χ3n) is 3.51. The minimum atomic E-state index is -0.0259. The molecular formula is C17H19NO2S2. The lowest BCUT2D eigenvalue weighted by atomic mass is 10.1. The van der Waals surface area contributed by atoms with E-state index >= 15 is 0 Å². The highest BCUT2D eigenvalue weighted by atomic mass is 32.2. The zero-order valence-corrected chi connectivity index (χ0v) is 13.9. The lowest BCUT2D eigenvalue weighted by Crippen LogP contribution is -2.25. The molecule has 0 radical (unpaired) electrons. The van der Waals surface area contributed by atoms with E-state index in [2.05, 4.69) is 17.4 Å². The highest BCUT2D eigenvalue weighted by Crippen LogP contribution is 2.43. The average Bonchev–Trinajstić information content (AvgIpc) is 3.09. The number of hydrogen-bond donors (Lipinski definition) is 1. The maximum atomic E-state index is 12.1. The van der Waals surface area contributed by atoms with Gasteiger partial charge in [-0.3, -0.25) is 4.79 Å². The smallest absolute Gasteiger partial charge is 0.251 e. The Labute approximate surface area is 139 Å². The van der Waals surface area contributed by atoms with Crippen LogP contribution in [0.4, 0.5) is 0 Å². The number of furan rings is 1. The number of carbonyl (C=O) groups is 1. The van der Waals surface area contributed by atoms with E-state index < -0.39 is 0 Å². The molecule has 3 rings (SSSR count). The van der Waals surface area contributed by atoms with Crippen LogP contribution in [0.1, 0.15) is 32.7 Å². The van der Waals surface area contributed by atoms with Crippen molar-refractivity contribution in [3.8, 4) is 0 Å². The fraction of sp³-hybridized carbons (Fsp3) is 0.353. The molecule has 1 amide bonds. The summed E-state index contributed by atoms with van der Waals surface area (Å²) in [5.41, 5.74) is 2.02. The Balaban J connectivity index is 1.51. The number of benzene rings is 1. The zero-order valence-electron chi connectivity index (χ0n) is 12.3. The molecular weight excluding hydrogens is 314 g/mol. The van der Waals surface area contributed by atoms with Crippen LogP contribution in [-0.4, -0.2) is 24.0 Å². The molecule has 0 aliphatic carbocycles. The standard InChI is InChI=1S/C17H19NO2S2/c19-16(18-9-8-15-3-1-10-20-15)13-4-6-14(7-5-13)17-21-11-2-12-22-17/h1,3-7,10,17H,2,8-9,11-12H2,(H,18,19). The van der Waals surface area contributed by atoms with Gasteiger partial charge in [0.2, 0.25) is 0 Å². The average molecular weight is 333 g/mol. The van der Waals surface area contributed by atoms with Crippen molar-refractivity contribution in [3.05, 3.63) is 59.5 Å². The molecule has 0 bridgehead atoms. The molecule has 5 heteroatoms. The molecule has 1 aromatic heterocycles. The van der Waals surface area contributed by atoms with Gasteiger partial charge in [-0.1, -0.05) is 12.1 Å². The van der Waals surface area contributed by atoms with Gasteiger partial charge in [-0.25, -0.2) is 0 Å². The van der Waals surface area contributed by atoms with E-state index in [4.69, 9.17) is 4.42 Å². The highest BCUT2D eigenvalue weighted by molar-refractivity contribution is 8.16. The normalized spacial score (nSPS) is 15.6. The van der Waals surface area contributed by atoms with E-state index in [1.54, 1.807) is 6.26 Å². The van der Waals surface area contributed by atoms with Crippen molar-refractivity contribution in [1.82, 2.24) is 5.32 Å². The summed E-state index contributed by atoms with van der Waals surface area (Å²) < 4.78 is 5.77. The lowest BCUT2D eigenvalue weighted by Gasteiger charge is -2.21. The fourth-order valence-corrected chi connectivity index (χ4v) is 5.22. The lowest BCUT2D eigenvalue weighted by molar-refractivity contribution is 0.0953. The number of nitrogens with one attached hydrogen (secondary N) is 1. The largest absolute Gasteiger partial charge is 0.469 e. The molecule has 0 unspecified atom stereocenters. The third kappa shape index (κ3) is 4.11. The summed E-state index contributed by atoms with van der Waals surface area (Å²) in [5.74, 6) is 3.32. The second kappa shape index (κ2) is 7.79. The molecule has 1 aliphatic rings. The van der Waals surface area contributed by atoms with Crippen LogP contribution in [0.25, 0.3) is 0 Å². The quantitative estimate of drug-likeness (QED) is 0.894. The van der Waals surface area contributed by atoms with Gasteiger partial charge in [-0.2, -0.15) is 0 Å². The van der Waals surface area contributed by atoms with E-state index in [-0.39, 0.29) is 5.91 Å². The van der Waals surface area contributed by atoms with Crippen LogP contribution in [0.15, 0.2) is 47.1 Å². The summed E-state index contributed by atoms with van der Waals surface area (Å²) in [5, 5.41) is 2.93. The monoisotopic (exact) mass is 333 g/mol. The van der Waals surface area contributed by atoms with Crippen LogP contribution in [-0.2, 0) is 6.42 Å². The summed E-state index contributed by atoms with van der Waals surface area (Å²) in [6.07, 6.45) is 3.66. The molecule has 0 saturated carbocycles. The molecule has 1 N–H and O–H groups in total. The van der Waals surface area contributed by atoms with Crippen LogP contribution in [0, 0.1) is 0 Å². The Kier molecular flexibility index (Phi) is 5.51. The van der Waals surface area contributed by atoms with Gasteiger partial charge < -0.3 is 9.73 Å². The third-order valence-corrected chi connectivity index (χ3v) is 6.52. The van der Waals surface area contributed by atoms with Gasteiger partial charge in [0.05, 0.1) is 10.8 Å². The Morgan fingerprint density at radius 2 is 1.95 bits per heavy atom. The van der Waals surface area contributed by atoms with Gasteiger partial charge in [0.1, 0.15) is 5.76 Å². The molecule has 0 spiro atoms. The summed E-state index contributed by atoms with van der Waals surface area (Å²) >= 11 is 3.99. The van der Waals surface area contributed by atoms with Crippen LogP contribution in [0.5, 0.6) is 0 Å². The Hall–Kier alpha value is -1.33. The van der Waals surface area contributed by atoms with E-state index in [1.165, 1.54) is 23.5 Å². The van der Waals surface area contributed by atoms with Crippen molar-refractivity contribution in [2.75, 3.05) is 18.1 Å². The van der Waals surface area contributed by atoms with Gasteiger partial charge in [-0.15, -0.1) is 23.5 Å². The van der Waals surface area contributed by atoms with Gasteiger partial charge in [-0.05, 0) is 47.8 Å². The molecule has 1 fully saturated rings. The summed E-state index contributed by atoms with van der Waals surface area (Å²) in [6.45, 7) is 0.586. The Morgan fingerprint density at radius 3 is 2.64 bits per heavy atom. The van der Waals surface area contributed by atoms with E-state index in [9.17, 15) is 4.79 Å². The first-order valence-corrected chi connectivity index (χ1v) is 9.56. The predicted octanol–water partition coefficient (Wildman–Crippen LogP) is 4.12. The van der Waals surface area contributed by atoms with Crippen LogP contribution in [0.2, 0.25) is 0 Å². The molecule has 22 heavy (non-hydrogen) atoms. The first-order chi connectivity index (χ1) is 10.8. The topological polar surface area (TPSA) is 42.2 Å². The summed E-state index contributed by atoms with van der Waals surface area (Å²) in [4.78, 5) is 12.1. The Bertz CT molecular complexity index is 590. The molecule has 3 nitrogen and oxygen atoms in total. The van der Waals surface area contributed by atoms with Gasteiger partial charge in [0.15, 0.2) is 0 Å². The summed E-state index contributed by atoms with van der Waals surface area (Å²) in [6, 6.07) is 11.8. The number of thioether (sulfide) groups is 2. The van der Waals surface area contributed by atoms with Gasteiger partial charge >= 0.3 is 0 Å². The minimum Gasteiger partial charge on any atom is -0.469 e. The molecule has 1 saturated heterocycles. The minimum absolute atomic E-state index is 0.0259. The van der Waals surface area contributed by atoms with Gasteiger partial charge in [0.25, 0.3) is 5.91 Å². The van der Waals surface area contributed by atoms with Crippen LogP contribution in [0.3, 0.4) is 0 Å². The molecule has 2 aromatic rings. The van der Waals surface area contributed by atoms with E-state index in [0.29, 0.717) is 23.1 Å².